The van der Waals surface area contributed by atoms with E-state index in [-0.39, 0.29) is 12.0 Å². The Labute approximate surface area is 101 Å². The van der Waals surface area contributed by atoms with Crippen LogP contribution in [0.3, 0.4) is 0 Å². The molecule has 0 unspecified atom stereocenters. The molecule has 0 aliphatic carbocycles. The highest BCUT2D eigenvalue weighted by atomic mass is 16.5. The molecule has 2 N–H and O–H groups in total. The van der Waals surface area contributed by atoms with Crippen molar-refractivity contribution < 1.29 is 9.53 Å². The maximum atomic E-state index is 11.1. The van der Waals surface area contributed by atoms with Gasteiger partial charge < -0.3 is 15.5 Å². The Kier molecular flexibility index (Phi) is 4.26. The molecular weight excluding hydrogens is 216 g/mol. The number of amides is 1. The largest absolute Gasteiger partial charge is 0.491 e. The molecule has 92 valence electrons. The summed E-state index contributed by atoms with van der Waals surface area (Å²) in [5.41, 5.74) is 2.23. The average molecular weight is 234 g/mol. The predicted molar refractivity (Wildman–Crippen MR) is 69.1 cm³/mol. The molecule has 1 aromatic carbocycles. The molecule has 0 aromatic heterocycles. The van der Waals surface area contributed by atoms with Gasteiger partial charge >= 0.3 is 0 Å². The van der Waals surface area contributed by atoms with Crippen molar-refractivity contribution >= 4 is 17.8 Å². The van der Waals surface area contributed by atoms with Crippen molar-refractivity contribution in [3.63, 3.8) is 0 Å². The molecule has 0 spiro atoms. The van der Waals surface area contributed by atoms with E-state index in [4.69, 9.17) is 10.1 Å². The van der Waals surface area contributed by atoms with Gasteiger partial charge in [0.1, 0.15) is 5.75 Å². The fourth-order valence-corrected chi connectivity index (χ4v) is 1.51. The Balaban J connectivity index is 3.17. The highest BCUT2D eigenvalue weighted by Gasteiger charge is 2.09. The van der Waals surface area contributed by atoms with Gasteiger partial charge in [-0.2, -0.15) is 0 Å². The van der Waals surface area contributed by atoms with Crippen LogP contribution in [0.5, 0.6) is 5.75 Å². The molecule has 0 fully saturated rings. The molecule has 0 radical (unpaired) electrons. The summed E-state index contributed by atoms with van der Waals surface area (Å²) in [5.74, 6) is 0.571. The van der Waals surface area contributed by atoms with Crippen molar-refractivity contribution in [1.82, 2.24) is 0 Å². The summed E-state index contributed by atoms with van der Waals surface area (Å²) in [6, 6.07) is 3.59. The maximum Gasteiger partial charge on any atom is 0.221 e. The lowest BCUT2D eigenvalue weighted by Gasteiger charge is -2.15. The lowest BCUT2D eigenvalue weighted by molar-refractivity contribution is -0.114. The molecule has 0 atom stereocenters. The third-order valence-electron chi connectivity index (χ3n) is 2.18. The first-order valence-electron chi connectivity index (χ1n) is 5.53. The second kappa shape index (κ2) is 5.48. The molecule has 1 amide bonds. The summed E-state index contributed by atoms with van der Waals surface area (Å²) in [6.07, 6.45) is 1.29. The van der Waals surface area contributed by atoms with Crippen LogP contribution in [-0.4, -0.2) is 18.2 Å². The molecule has 0 aliphatic heterocycles. The number of aryl methyl sites for hydroxylation is 1. The van der Waals surface area contributed by atoms with Gasteiger partial charge in [0.25, 0.3) is 0 Å². The number of hydrogen-bond donors (Lipinski definition) is 2. The lowest BCUT2D eigenvalue weighted by atomic mass is 10.1. The number of ether oxygens (including phenoxy) is 1. The standard InChI is InChI=1S/C13H18N2O2/c1-8(2)17-13-6-12(15-10(4)16)11(7-14)5-9(13)3/h5-8,14H,1-4H3,(H,15,16). The highest BCUT2D eigenvalue weighted by Crippen LogP contribution is 2.27. The monoisotopic (exact) mass is 234 g/mol. The lowest BCUT2D eigenvalue weighted by Crippen LogP contribution is -2.11. The number of hydrogen-bond acceptors (Lipinski definition) is 3. The van der Waals surface area contributed by atoms with Gasteiger partial charge in [0.2, 0.25) is 5.91 Å². The molecular formula is C13H18N2O2. The third-order valence-corrected chi connectivity index (χ3v) is 2.18. The van der Waals surface area contributed by atoms with Gasteiger partial charge in [0.15, 0.2) is 0 Å². The SMILES string of the molecule is CC(=O)Nc1cc(OC(C)C)c(C)cc1C=N. The Morgan fingerprint density at radius 3 is 2.59 bits per heavy atom. The normalized spacial score (nSPS) is 10.2. The number of carbonyl (C=O) groups excluding carboxylic acids is 1. The van der Waals surface area contributed by atoms with Gasteiger partial charge in [0.05, 0.1) is 11.8 Å². The number of nitrogens with one attached hydrogen (secondary N) is 2. The Hall–Kier alpha value is -1.84. The topological polar surface area (TPSA) is 62.2 Å². The van der Waals surface area contributed by atoms with Gasteiger partial charge in [-0.15, -0.1) is 0 Å². The smallest absolute Gasteiger partial charge is 0.221 e. The van der Waals surface area contributed by atoms with Gasteiger partial charge in [-0.1, -0.05) is 0 Å². The Morgan fingerprint density at radius 1 is 1.47 bits per heavy atom. The van der Waals surface area contributed by atoms with E-state index in [9.17, 15) is 4.79 Å². The van der Waals surface area contributed by atoms with Gasteiger partial charge in [-0.05, 0) is 32.4 Å². The zero-order valence-electron chi connectivity index (χ0n) is 10.6. The molecule has 17 heavy (non-hydrogen) atoms. The molecule has 4 heteroatoms. The van der Waals surface area contributed by atoms with Crippen molar-refractivity contribution in [3.05, 3.63) is 23.3 Å². The Bertz CT molecular complexity index is 439. The van der Waals surface area contributed by atoms with Crippen LogP contribution in [0.2, 0.25) is 0 Å². The van der Waals surface area contributed by atoms with Gasteiger partial charge in [-0.3, -0.25) is 4.79 Å². The van der Waals surface area contributed by atoms with E-state index in [1.807, 2.05) is 26.8 Å². The molecule has 0 heterocycles. The van der Waals surface area contributed by atoms with Gasteiger partial charge in [-0.25, -0.2) is 0 Å². The van der Waals surface area contributed by atoms with E-state index in [2.05, 4.69) is 5.32 Å². The van der Waals surface area contributed by atoms with E-state index in [1.54, 1.807) is 6.07 Å². The van der Waals surface area contributed by atoms with Crippen LogP contribution in [0, 0.1) is 12.3 Å². The van der Waals surface area contributed by atoms with Crippen LogP contribution in [0.15, 0.2) is 12.1 Å². The first-order chi connectivity index (χ1) is 7.93. The molecule has 0 saturated carbocycles. The van der Waals surface area contributed by atoms with Crippen molar-refractivity contribution in [2.45, 2.75) is 33.8 Å². The predicted octanol–water partition coefficient (Wildman–Crippen LogP) is 2.74. The molecule has 4 nitrogen and oxygen atoms in total. The minimum Gasteiger partial charge on any atom is -0.491 e. The van der Waals surface area contributed by atoms with Crippen LogP contribution >= 0.6 is 0 Å². The number of benzene rings is 1. The van der Waals surface area contributed by atoms with Crippen LogP contribution in [-0.2, 0) is 4.79 Å². The second-order valence-corrected chi connectivity index (χ2v) is 4.20. The minimum atomic E-state index is -0.160. The summed E-state index contributed by atoms with van der Waals surface area (Å²) >= 11 is 0. The van der Waals surface area contributed by atoms with E-state index in [0.29, 0.717) is 11.3 Å². The quantitative estimate of drug-likeness (QED) is 0.787. The summed E-state index contributed by atoms with van der Waals surface area (Å²) in [6.45, 7) is 7.25. The van der Waals surface area contributed by atoms with Crippen LogP contribution in [0.1, 0.15) is 31.9 Å². The van der Waals surface area contributed by atoms with E-state index in [1.165, 1.54) is 13.1 Å². The first-order valence-corrected chi connectivity index (χ1v) is 5.53. The van der Waals surface area contributed by atoms with E-state index < -0.39 is 0 Å². The number of anilines is 1. The van der Waals surface area contributed by atoms with Crippen LogP contribution < -0.4 is 10.1 Å². The molecule has 0 saturated heterocycles. The molecule has 1 aromatic rings. The number of carbonyl (C=O) groups is 1. The maximum absolute atomic E-state index is 11.1. The van der Waals surface area contributed by atoms with Crippen molar-refractivity contribution in [2.75, 3.05) is 5.32 Å². The second-order valence-electron chi connectivity index (χ2n) is 4.20. The van der Waals surface area contributed by atoms with Crippen molar-refractivity contribution in [1.29, 1.82) is 5.41 Å². The fraction of sp³-hybridized carbons (Fsp3) is 0.385. The van der Waals surface area contributed by atoms with Crippen molar-refractivity contribution in [3.8, 4) is 5.75 Å². The average Bonchev–Trinajstić information content (AvgIpc) is 2.21. The summed E-state index contributed by atoms with van der Waals surface area (Å²) in [4.78, 5) is 11.1. The van der Waals surface area contributed by atoms with Crippen LogP contribution in [0.25, 0.3) is 0 Å². The summed E-state index contributed by atoms with van der Waals surface area (Å²) in [5, 5.41) is 10.0. The molecule has 0 aliphatic rings. The summed E-state index contributed by atoms with van der Waals surface area (Å²) < 4.78 is 5.64. The zero-order chi connectivity index (χ0) is 13.0. The van der Waals surface area contributed by atoms with Crippen molar-refractivity contribution in [2.24, 2.45) is 0 Å². The Morgan fingerprint density at radius 2 is 2.12 bits per heavy atom. The molecule has 0 bridgehead atoms. The number of rotatable bonds is 4. The summed E-state index contributed by atoms with van der Waals surface area (Å²) in [7, 11) is 0. The van der Waals surface area contributed by atoms with E-state index in [0.717, 1.165) is 11.3 Å². The first kappa shape index (κ1) is 13.2. The van der Waals surface area contributed by atoms with Crippen LogP contribution in [0.4, 0.5) is 5.69 Å². The minimum absolute atomic E-state index is 0.0738. The highest BCUT2D eigenvalue weighted by molar-refractivity contribution is 5.96. The van der Waals surface area contributed by atoms with E-state index >= 15 is 0 Å². The van der Waals surface area contributed by atoms with Gasteiger partial charge in [0, 0.05) is 24.8 Å². The zero-order valence-corrected chi connectivity index (χ0v) is 10.6. The fourth-order valence-electron chi connectivity index (χ4n) is 1.51. The third kappa shape index (κ3) is 3.59. The molecule has 1 rings (SSSR count).